The molecule has 4 N–H and O–H groups in total. The van der Waals surface area contributed by atoms with Gasteiger partial charge in [0.05, 0.1) is 82.3 Å². The van der Waals surface area contributed by atoms with Gasteiger partial charge >= 0.3 is 5.97 Å². The van der Waals surface area contributed by atoms with Gasteiger partial charge in [-0.1, -0.05) is 0 Å². The number of rotatable bonds is 21. The quantitative estimate of drug-likeness (QED) is 0.116. The molecule has 0 bridgehead atoms. The van der Waals surface area contributed by atoms with Gasteiger partial charge in [0.1, 0.15) is 5.69 Å². The molecule has 0 unspecified atom stereocenters. The molecule has 0 fully saturated rings. The maximum absolute atomic E-state index is 11.3. The minimum atomic E-state index is -4.04. The molecule has 0 heterocycles. The van der Waals surface area contributed by atoms with Crippen molar-refractivity contribution in [2.75, 3.05) is 77.9 Å². The first kappa shape index (κ1) is 29.6. The second kappa shape index (κ2) is 17.1. The third kappa shape index (κ3) is 14.0. The number of aliphatic carboxylic acids is 1. The Bertz CT molecular complexity index is 852. The van der Waals surface area contributed by atoms with E-state index in [-0.39, 0.29) is 36.8 Å². The predicted octanol–water partition coefficient (Wildman–Crippen LogP) is 0.212. The molecule has 1 aromatic rings. The van der Waals surface area contributed by atoms with E-state index in [1.165, 1.54) is 12.1 Å². The molecule has 15 heteroatoms. The first-order chi connectivity index (χ1) is 16.2. The largest absolute Gasteiger partial charge is 0.481 e. The Labute approximate surface area is 197 Å². The lowest BCUT2D eigenvalue weighted by Crippen LogP contribution is -2.16. The summed E-state index contributed by atoms with van der Waals surface area (Å²) in [6, 6.07) is 3.37. The standard InChI is InChI=1S/C19H31N3O11S/c20-34(27,28)16-1-2-17(18(15-16)22(25)26)21-4-6-30-8-10-32-12-14-33-13-11-31-9-7-29-5-3-19(23)24/h1-2,15,21H,3-14H2,(H,23,24)(H2,20,27,28). The summed E-state index contributed by atoms with van der Waals surface area (Å²) in [5, 5.41) is 27.4. The molecular weight excluding hydrogens is 478 g/mol. The van der Waals surface area contributed by atoms with E-state index in [0.717, 1.165) is 6.07 Å². The van der Waals surface area contributed by atoms with E-state index in [2.05, 4.69) is 5.32 Å². The number of sulfonamides is 1. The summed E-state index contributed by atoms with van der Waals surface area (Å²) < 4.78 is 49.0. The summed E-state index contributed by atoms with van der Waals surface area (Å²) in [4.78, 5) is 20.4. The molecule has 0 amide bonds. The molecule has 0 spiro atoms. The maximum Gasteiger partial charge on any atom is 0.305 e. The van der Waals surface area contributed by atoms with Crippen molar-refractivity contribution < 1.29 is 46.9 Å². The van der Waals surface area contributed by atoms with E-state index in [4.69, 9.17) is 33.9 Å². The van der Waals surface area contributed by atoms with Gasteiger partial charge in [0, 0.05) is 12.6 Å². The minimum Gasteiger partial charge on any atom is -0.481 e. The van der Waals surface area contributed by atoms with Crippen molar-refractivity contribution >= 4 is 27.4 Å². The van der Waals surface area contributed by atoms with E-state index >= 15 is 0 Å². The van der Waals surface area contributed by atoms with Crippen molar-refractivity contribution in [2.45, 2.75) is 11.3 Å². The fraction of sp³-hybridized carbons (Fsp3) is 0.632. The number of anilines is 1. The van der Waals surface area contributed by atoms with Crippen LogP contribution in [0.4, 0.5) is 11.4 Å². The molecule has 14 nitrogen and oxygen atoms in total. The molecule has 34 heavy (non-hydrogen) atoms. The van der Waals surface area contributed by atoms with E-state index in [1.807, 2.05) is 0 Å². The van der Waals surface area contributed by atoms with Gasteiger partial charge in [-0.3, -0.25) is 14.9 Å². The lowest BCUT2D eigenvalue weighted by Gasteiger charge is -2.09. The Morgan fingerprint density at radius 1 is 0.912 bits per heavy atom. The summed E-state index contributed by atoms with van der Waals surface area (Å²) >= 11 is 0. The zero-order chi connectivity index (χ0) is 25.2. The molecule has 0 aromatic heterocycles. The van der Waals surface area contributed by atoms with E-state index in [1.54, 1.807) is 0 Å². The van der Waals surface area contributed by atoms with Crippen molar-refractivity contribution in [3.8, 4) is 0 Å². The minimum absolute atomic E-state index is 0.0320. The molecular formula is C19H31N3O11S. The smallest absolute Gasteiger partial charge is 0.305 e. The highest BCUT2D eigenvalue weighted by molar-refractivity contribution is 7.89. The number of nitrogens with two attached hydrogens (primary N) is 1. The Kier molecular flexibility index (Phi) is 14.9. The SMILES string of the molecule is NS(=O)(=O)c1ccc(NCCOCCOCCOCCOCCOCCC(=O)O)c([N+](=O)[O-])c1. The van der Waals surface area contributed by atoms with Gasteiger partial charge in [-0.15, -0.1) is 0 Å². The van der Waals surface area contributed by atoms with E-state index in [0.29, 0.717) is 52.9 Å². The maximum atomic E-state index is 11.3. The zero-order valence-corrected chi connectivity index (χ0v) is 19.5. The molecule has 0 saturated carbocycles. The number of ether oxygens (including phenoxy) is 5. The van der Waals surface area contributed by atoms with Crippen molar-refractivity contribution in [1.29, 1.82) is 0 Å². The van der Waals surface area contributed by atoms with E-state index < -0.39 is 26.6 Å². The summed E-state index contributed by atoms with van der Waals surface area (Å²) in [5.74, 6) is -0.902. The van der Waals surface area contributed by atoms with Crippen LogP contribution >= 0.6 is 0 Å². The van der Waals surface area contributed by atoms with Gasteiger partial charge in [0.25, 0.3) is 5.69 Å². The Hall–Kier alpha value is -2.40. The van der Waals surface area contributed by atoms with Gasteiger partial charge in [-0.25, -0.2) is 13.6 Å². The van der Waals surface area contributed by atoms with Crippen LogP contribution in [-0.4, -0.2) is 97.0 Å². The second-order valence-electron chi connectivity index (χ2n) is 6.61. The van der Waals surface area contributed by atoms with Crippen LogP contribution in [-0.2, 0) is 38.5 Å². The molecule has 0 saturated heterocycles. The van der Waals surface area contributed by atoms with Crippen LogP contribution in [0.1, 0.15) is 6.42 Å². The lowest BCUT2D eigenvalue weighted by atomic mass is 10.2. The number of carboxylic acids is 1. The highest BCUT2D eigenvalue weighted by atomic mass is 32.2. The van der Waals surface area contributed by atoms with Crippen LogP contribution in [0.3, 0.4) is 0 Å². The number of nitro groups is 1. The zero-order valence-electron chi connectivity index (χ0n) is 18.7. The van der Waals surface area contributed by atoms with Gasteiger partial charge in [-0.2, -0.15) is 0 Å². The van der Waals surface area contributed by atoms with Crippen molar-refractivity contribution in [1.82, 2.24) is 0 Å². The predicted molar refractivity (Wildman–Crippen MR) is 119 cm³/mol. The highest BCUT2D eigenvalue weighted by Crippen LogP contribution is 2.26. The normalized spacial score (nSPS) is 11.4. The average molecular weight is 510 g/mol. The molecule has 1 rings (SSSR count). The van der Waals surface area contributed by atoms with Crippen LogP contribution in [0.25, 0.3) is 0 Å². The molecule has 0 aliphatic rings. The van der Waals surface area contributed by atoms with Gasteiger partial charge < -0.3 is 34.1 Å². The topological polar surface area (TPSA) is 199 Å². The number of nitrogens with zero attached hydrogens (tertiary/aromatic N) is 1. The number of hydrogen-bond donors (Lipinski definition) is 3. The average Bonchev–Trinajstić information content (AvgIpc) is 2.77. The van der Waals surface area contributed by atoms with Gasteiger partial charge in [0.2, 0.25) is 10.0 Å². The monoisotopic (exact) mass is 509 g/mol. The Balaban J connectivity index is 1.98. The lowest BCUT2D eigenvalue weighted by molar-refractivity contribution is -0.384. The molecule has 0 radical (unpaired) electrons. The summed E-state index contributed by atoms with van der Waals surface area (Å²) in [6.45, 7) is 3.58. The number of nitro benzene ring substituents is 1. The first-order valence-corrected chi connectivity index (χ1v) is 11.9. The first-order valence-electron chi connectivity index (χ1n) is 10.4. The van der Waals surface area contributed by atoms with Gasteiger partial charge in [-0.05, 0) is 12.1 Å². The molecule has 1 aromatic carbocycles. The van der Waals surface area contributed by atoms with Crippen LogP contribution in [0.15, 0.2) is 23.1 Å². The second-order valence-corrected chi connectivity index (χ2v) is 8.17. The van der Waals surface area contributed by atoms with E-state index in [9.17, 15) is 23.3 Å². The third-order valence-electron chi connectivity index (χ3n) is 4.00. The fourth-order valence-electron chi connectivity index (χ4n) is 2.39. The molecule has 0 aliphatic carbocycles. The molecule has 0 atom stereocenters. The third-order valence-corrected chi connectivity index (χ3v) is 4.92. The van der Waals surface area contributed by atoms with Crippen molar-refractivity contribution in [2.24, 2.45) is 5.14 Å². The number of carbonyl (C=O) groups is 1. The number of benzene rings is 1. The molecule has 194 valence electrons. The van der Waals surface area contributed by atoms with Crippen LogP contribution < -0.4 is 10.5 Å². The van der Waals surface area contributed by atoms with Crippen molar-refractivity contribution in [3.05, 3.63) is 28.3 Å². The van der Waals surface area contributed by atoms with Gasteiger partial charge in [0.15, 0.2) is 0 Å². The van der Waals surface area contributed by atoms with Crippen LogP contribution in [0.2, 0.25) is 0 Å². The fourth-order valence-corrected chi connectivity index (χ4v) is 2.92. The van der Waals surface area contributed by atoms with Crippen LogP contribution in [0, 0.1) is 10.1 Å². The number of hydrogen-bond acceptors (Lipinski definition) is 11. The molecule has 0 aliphatic heterocycles. The number of primary sulfonamides is 1. The van der Waals surface area contributed by atoms with Crippen LogP contribution in [0.5, 0.6) is 0 Å². The van der Waals surface area contributed by atoms with Crippen molar-refractivity contribution in [3.63, 3.8) is 0 Å². The Morgan fingerprint density at radius 2 is 1.38 bits per heavy atom. The number of nitrogens with one attached hydrogen (secondary N) is 1. The summed E-state index contributed by atoms with van der Waals surface area (Å²) in [5.41, 5.74) is -0.242. The Morgan fingerprint density at radius 3 is 1.82 bits per heavy atom. The summed E-state index contributed by atoms with van der Waals surface area (Å²) in [6.07, 6.45) is -0.0320. The highest BCUT2D eigenvalue weighted by Gasteiger charge is 2.18. The number of carboxylic acid groups (broad SMARTS) is 1. The summed E-state index contributed by atoms with van der Waals surface area (Å²) in [7, 11) is -4.04.